The van der Waals surface area contributed by atoms with Gasteiger partial charge in [-0.2, -0.15) is 0 Å². The summed E-state index contributed by atoms with van der Waals surface area (Å²) in [6, 6.07) is 0. The van der Waals surface area contributed by atoms with E-state index < -0.39 is 5.60 Å². The molecular formula is C10H19NO2. The molecule has 1 atom stereocenters. The van der Waals surface area contributed by atoms with Gasteiger partial charge in [0.1, 0.15) is 5.60 Å². The molecule has 0 fully saturated rings. The maximum Gasteiger partial charge on any atom is 0.306 e. The van der Waals surface area contributed by atoms with Gasteiger partial charge in [0.2, 0.25) is 0 Å². The van der Waals surface area contributed by atoms with Crippen LogP contribution in [0.5, 0.6) is 0 Å². The summed E-state index contributed by atoms with van der Waals surface area (Å²) in [7, 11) is 0. The quantitative estimate of drug-likeness (QED) is 0.540. The molecular weight excluding hydrogens is 166 g/mol. The third-order valence-corrected chi connectivity index (χ3v) is 1.61. The topological polar surface area (TPSA) is 50.2 Å². The number of ether oxygens (including phenoxy) is 1. The first-order valence-corrected chi connectivity index (χ1v) is 4.61. The predicted molar refractivity (Wildman–Crippen MR) is 53.0 cm³/mol. The highest BCUT2D eigenvalue weighted by Gasteiger charge is 2.18. The molecule has 0 aromatic rings. The summed E-state index contributed by atoms with van der Waals surface area (Å²) < 4.78 is 5.13. The molecule has 76 valence electrons. The van der Waals surface area contributed by atoms with E-state index in [9.17, 15) is 4.79 Å². The Morgan fingerprint density at radius 3 is 2.38 bits per heavy atom. The van der Waals surface area contributed by atoms with E-state index in [0.717, 1.165) is 6.42 Å². The van der Waals surface area contributed by atoms with Crippen LogP contribution in [0.1, 0.15) is 40.5 Å². The Labute approximate surface area is 80.0 Å². The summed E-state index contributed by atoms with van der Waals surface area (Å²) in [6.45, 7) is 7.49. The maximum absolute atomic E-state index is 11.3. The monoisotopic (exact) mass is 185 g/mol. The minimum Gasteiger partial charge on any atom is -0.460 e. The number of hydrogen-bond acceptors (Lipinski definition) is 3. The highest BCUT2D eigenvalue weighted by molar-refractivity contribution is 5.74. The number of carbonyl (C=O) groups excluding carboxylic acids is 1. The van der Waals surface area contributed by atoms with Gasteiger partial charge in [-0.3, -0.25) is 4.79 Å². The number of carbonyl (C=O) groups is 1. The molecule has 0 rings (SSSR count). The first-order chi connectivity index (χ1) is 5.89. The Morgan fingerprint density at radius 2 is 2.08 bits per heavy atom. The van der Waals surface area contributed by atoms with Crippen LogP contribution in [-0.2, 0) is 9.53 Å². The summed E-state index contributed by atoms with van der Waals surface area (Å²) in [5.41, 5.74) is -0.419. The van der Waals surface area contributed by atoms with Crippen LogP contribution in [0.2, 0.25) is 0 Å². The van der Waals surface area contributed by atoms with Gasteiger partial charge in [0, 0.05) is 5.92 Å². The lowest BCUT2D eigenvalue weighted by Gasteiger charge is -2.20. The second-order valence-corrected chi connectivity index (χ2v) is 4.13. The molecule has 3 nitrogen and oxygen atoms in total. The lowest BCUT2D eigenvalue weighted by molar-refractivity contribution is -0.155. The van der Waals surface area contributed by atoms with E-state index in [4.69, 9.17) is 10.1 Å². The zero-order valence-corrected chi connectivity index (χ0v) is 8.89. The lowest BCUT2D eigenvalue weighted by atomic mass is 10.0. The van der Waals surface area contributed by atoms with Gasteiger partial charge in [0.15, 0.2) is 0 Å². The molecule has 0 saturated carbocycles. The van der Waals surface area contributed by atoms with E-state index >= 15 is 0 Å². The Kier molecular flexibility index (Phi) is 4.67. The van der Waals surface area contributed by atoms with Crippen LogP contribution in [0.4, 0.5) is 0 Å². The Balaban J connectivity index is 3.93. The Morgan fingerprint density at radius 1 is 1.54 bits per heavy atom. The molecule has 0 aromatic carbocycles. The van der Waals surface area contributed by atoms with Gasteiger partial charge in [0.05, 0.1) is 6.42 Å². The number of nitrogens with one attached hydrogen (secondary N) is 1. The average Bonchev–Trinajstić information content (AvgIpc) is 1.96. The summed E-state index contributed by atoms with van der Waals surface area (Å²) in [5.74, 6) is -0.197. The molecule has 0 aliphatic heterocycles. The van der Waals surface area contributed by atoms with E-state index in [1.54, 1.807) is 0 Å². The van der Waals surface area contributed by atoms with Crippen molar-refractivity contribution in [2.24, 2.45) is 5.92 Å². The van der Waals surface area contributed by atoms with Crippen LogP contribution in [0.3, 0.4) is 0 Å². The fourth-order valence-electron chi connectivity index (χ4n) is 0.918. The van der Waals surface area contributed by atoms with Crippen LogP contribution in [-0.4, -0.2) is 17.8 Å². The van der Waals surface area contributed by atoms with Crippen LogP contribution in [0, 0.1) is 11.3 Å². The molecule has 0 amide bonds. The third-order valence-electron chi connectivity index (χ3n) is 1.61. The van der Waals surface area contributed by atoms with Crippen LogP contribution >= 0.6 is 0 Å². The summed E-state index contributed by atoms with van der Waals surface area (Å²) in [4.78, 5) is 11.3. The molecule has 0 aliphatic rings. The minimum atomic E-state index is -0.419. The van der Waals surface area contributed by atoms with Crippen molar-refractivity contribution in [3.05, 3.63) is 0 Å². The van der Waals surface area contributed by atoms with Gasteiger partial charge in [-0.05, 0) is 33.4 Å². The van der Waals surface area contributed by atoms with Crippen molar-refractivity contribution in [2.45, 2.75) is 46.1 Å². The summed E-state index contributed by atoms with van der Waals surface area (Å²) >= 11 is 0. The Bertz CT molecular complexity index is 182. The van der Waals surface area contributed by atoms with Crippen molar-refractivity contribution >= 4 is 12.2 Å². The van der Waals surface area contributed by atoms with Crippen LogP contribution in [0.15, 0.2) is 0 Å². The molecule has 13 heavy (non-hydrogen) atoms. The second kappa shape index (κ2) is 5.00. The van der Waals surface area contributed by atoms with E-state index in [-0.39, 0.29) is 11.9 Å². The van der Waals surface area contributed by atoms with Crippen molar-refractivity contribution < 1.29 is 9.53 Å². The first kappa shape index (κ1) is 12.1. The van der Waals surface area contributed by atoms with Gasteiger partial charge in [-0.1, -0.05) is 6.92 Å². The van der Waals surface area contributed by atoms with Crippen molar-refractivity contribution in [1.82, 2.24) is 0 Å². The zero-order valence-electron chi connectivity index (χ0n) is 8.89. The van der Waals surface area contributed by atoms with Crippen molar-refractivity contribution in [3.8, 4) is 0 Å². The molecule has 0 aromatic heterocycles. The predicted octanol–water partition coefficient (Wildman–Crippen LogP) is 2.39. The SMILES string of the molecule is CCC(C=N)CC(=O)OC(C)(C)C. The largest absolute Gasteiger partial charge is 0.460 e. The zero-order chi connectivity index (χ0) is 10.5. The van der Waals surface area contributed by atoms with Crippen LogP contribution in [0.25, 0.3) is 0 Å². The second-order valence-electron chi connectivity index (χ2n) is 4.13. The minimum absolute atomic E-state index is 0.0230. The molecule has 3 heteroatoms. The van der Waals surface area contributed by atoms with Crippen molar-refractivity contribution in [3.63, 3.8) is 0 Å². The molecule has 0 heterocycles. The fourth-order valence-corrected chi connectivity index (χ4v) is 0.918. The number of hydrogen-bond donors (Lipinski definition) is 1. The number of rotatable bonds is 4. The van der Waals surface area contributed by atoms with Gasteiger partial charge in [0.25, 0.3) is 0 Å². The maximum atomic E-state index is 11.3. The van der Waals surface area contributed by atoms with Crippen molar-refractivity contribution in [2.75, 3.05) is 0 Å². The molecule has 1 unspecified atom stereocenters. The first-order valence-electron chi connectivity index (χ1n) is 4.61. The van der Waals surface area contributed by atoms with E-state index in [0.29, 0.717) is 6.42 Å². The van der Waals surface area contributed by atoms with Gasteiger partial charge in [-0.25, -0.2) is 0 Å². The van der Waals surface area contributed by atoms with E-state index in [1.807, 2.05) is 27.7 Å². The molecule has 0 saturated heterocycles. The molecule has 0 aliphatic carbocycles. The highest BCUT2D eigenvalue weighted by Crippen LogP contribution is 2.12. The fraction of sp³-hybridized carbons (Fsp3) is 0.800. The van der Waals surface area contributed by atoms with Gasteiger partial charge >= 0.3 is 5.97 Å². The van der Waals surface area contributed by atoms with E-state index in [1.165, 1.54) is 6.21 Å². The molecule has 0 radical (unpaired) electrons. The third kappa shape index (κ3) is 6.31. The highest BCUT2D eigenvalue weighted by atomic mass is 16.6. The van der Waals surface area contributed by atoms with Crippen molar-refractivity contribution in [1.29, 1.82) is 5.41 Å². The molecule has 0 bridgehead atoms. The standard InChI is InChI=1S/C10H19NO2/c1-5-8(7-11)6-9(12)13-10(2,3)4/h7-8,11H,5-6H2,1-4H3. The average molecular weight is 185 g/mol. The Hall–Kier alpha value is -0.860. The van der Waals surface area contributed by atoms with Gasteiger partial charge < -0.3 is 10.1 Å². The molecule has 1 N–H and O–H groups in total. The number of esters is 1. The molecule has 0 spiro atoms. The summed E-state index contributed by atoms with van der Waals surface area (Å²) in [5, 5.41) is 7.05. The smallest absolute Gasteiger partial charge is 0.306 e. The normalized spacial score (nSPS) is 13.5. The van der Waals surface area contributed by atoms with Crippen LogP contribution < -0.4 is 0 Å². The lowest BCUT2D eigenvalue weighted by Crippen LogP contribution is -2.25. The van der Waals surface area contributed by atoms with Gasteiger partial charge in [-0.15, -0.1) is 0 Å². The summed E-state index contributed by atoms with van der Waals surface area (Å²) in [6.07, 6.45) is 2.43. The van der Waals surface area contributed by atoms with E-state index in [2.05, 4.69) is 0 Å².